The van der Waals surface area contributed by atoms with E-state index in [0.717, 1.165) is 12.2 Å². The van der Waals surface area contributed by atoms with Crippen molar-refractivity contribution < 1.29 is 4.79 Å². The zero-order valence-electron chi connectivity index (χ0n) is 9.02. The Bertz CT molecular complexity index is 102. The van der Waals surface area contributed by atoms with Crippen molar-refractivity contribution in [3.8, 4) is 0 Å². The van der Waals surface area contributed by atoms with Crippen LogP contribution < -0.4 is 0 Å². The fourth-order valence-corrected chi connectivity index (χ4v) is 0.954. The fraction of sp³-hybridized carbons (Fsp3) is 0.889. The summed E-state index contributed by atoms with van der Waals surface area (Å²) in [4.78, 5) is 17.7. The molecule has 0 saturated heterocycles. The molecule has 0 aliphatic rings. The van der Waals surface area contributed by atoms with Gasteiger partial charge in [-0.1, -0.05) is 25.6 Å². The fourth-order valence-electron chi connectivity index (χ4n) is 0.318. The van der Waals surface area contributed by atoms with Crippen LogP contribution in [-0.4, -0.2) is 30.6 Å². The molecule has 0 aromatic heterocycles. The first-order valence-electron chi connectivity index (χ1n) is 4.70. The third-order valence-corrected chi connectivity index (χ3v) is 1.98. The second-order valence-electron chi connectivity index (χ2n) is 3.31. The molecule has 0 saturated carbocycles. The van der Waals surface area contributed by atoms with Crippen LogP contribution in [0.15, 0.2) is 0 Å². The van der Waals surface area contributed by atoms with Gasteiger partial charge in [0.25, 0.3) is 0 Å². The molecule has 0 aliphatic heterocycles. The van der Waals surface area contributed by atoms with Crippen molar-refractivity contribution in [3.63, 3.8) is 0 Å². The summed E-state index contributed by atoms with van der Waals surface area (Å²) < 4.78 is 0. The molecule has 0 aliphatic carbocycles. The Morgan fingerprint density at radius 1 is 1.25 bits per heavy atom. The Labute approximate surface area is 88.4 Å². The summed E-state index contributed by atoms with van der Waals surface area (Å²) in [5, 5.41) is 0.312. The van der Waals surface area contributed by atoms with E-state index in [0.29, 0.717) is 11.5 Å². The molecule has 0 fully saturated rings. The third-order valence-electron chi connectivity index (χ3n) is 0.756. The first-order chi connectivity index (χ1) is 5.54. The zero-order chi connectivity index (χ0) is 9.98. The summed E-state index contributed by atoms with van der Waals surface area (Å²) in [7, 11) is 0. The first-order valence-corrected chi connectivity index (χ1v) is 15.6. The third kappa shape index (κ3) is 22.4. The average molecular weight is 297 g/mol. The van der Waals surface area contributed by atoms with Gasteiger partial charge in [0, 0.05) is 12.2 Å². The molecule has 0 unspecified atom stereocenters. The van der Waals surface area contributed by atoms with E-state index in [4.69, 9.17) is 0 Å². The van der Waals surface area contributed by atoms with E-state index < -0.39 is 19.8 Å². The van der Waals surface area contributed by atoms with Gasteiger partial charge in [0.2, 0.25) is 0 Å². The monoisotopic (exact) mass is 298 g/mol. The summed E-state index contributed by atoms with van der Waals surface area (Å²) in [5.41, 5.74) is 0. The molecular weight excluding hydrogens is 275 g/mol. The van der Waals surface area contributed by atoms with E-state index in [9.17, 15) is 4.79 Å². The van der Waals surface area contributed by atoms with Crippen LogP contribution in [0.2, 0.25) is 14.8 Å². The summed E-state index contributed by atoms with van der Waals surface area (Å²) in [6.07, 6.45) is 1.76. The average Bonchev–Trinajstić information content (AvgIpc) is 1.99. The zero-order valence-corrected chi connectivity index (χ0v) is 13.1. The van der Waals surface area contributed by atoms with Gasteiger partial charge < -0.3 is 0 Å². The minimum atomic E-state index is -0.637. The predicted molar refractivity (Wildman–Crippen MR) is 62.8 cm³/mol. The Balaban J connectivity index is 0. The molecule has 0 rings (SSSR count). The number of rotatable bonds is 3. The van der Waals surface area contributed by atoms with E-state index >= 15 is 0 Å². The number of thioether (sulfide) groups is 1. The summed E-state index contributed by atoms with van der Waals surface area (Å²) in [6.45, 7) is 3.97. The summed E-state index contributed by atoms with van der Waals surface area (Å²) >= 11 is 0.801. The molecule has 0 radical (unpaired) electrons. The molecule has 12 heavy (non-hydrogen) atoms. The van der Waals surface area contributed by atoms with Gasteiger partial charge in [0.05, 0.1) is 0 Å². The molecule has 0 bridgehead atoms. The van der Waals surface area contributed by atoms with Crippen LogP contribution in [-0.2, 0) is 4.79 Å². The van der Waals surface area contributed by atoms with E-state index in [1.165, 1.54) is 11.8 Å². The number of hydrogen-bond acceptors (Lipinski definition) is 2. The second kappa shape index (κ2) is 11.8. The number of carbonyl (C=O) groups excluding carboxylic acids is 1. The summed E-state index contributed by atoms with van der Waals surface area (Å²) in [5.74, 6) is 0.979. The van der Waals surface area contributed by atoms with Gasteiger partial charge in [-0.15, -0.1) is 0 Å². The molecule has 1 nitrogen and oxygen atoms in total. The van der Waals surface area contributed by atoms with Crippen LogP contribution in [0.25, 0.3) is 0 Å². The van der Waals surface area contributed by atoms with Crippen molar-refractivity contribution in [2.45, 2.75) is 41.5 Å². The van der Waals surface area contributed by atoms with Crippen molar-refractivity contribution >= 4 is 36.6 Å². The molecule has 0 N–H and O–H groups in total. The Morgan fingerprint density at radius 3 is 1.92 bits per heavy atom. The SMILES string of the molecule is CCCSC(=O)CC.[CH3][SnH]([CH3])[CH3]. The van der Waals surface area contributed by atoms with Gasteiger partial charge in [-0.05, 0) is 6.42 Å². The Hall–Kier alpha value is 0.819. The molecule has 0 heterocycles. The van der Waals surface area contributed by atoms with Crippen molar-refractivity contribution in [1.29, 1.82) is 0 Å². The van der Waals surface area contributed by atoms with E-state index in [1.807, 2.05) is 6.92 Å². The van der Waals surface area contributed by atoms with Crippen molar-refractivity contribution in [1.82, 2.24) is 0 Å². The molecule has 0 aromatic rings. The van der Waals surface area contributed by atoms with E-state index in [-0.39, 0.29) is 0 Å². The minimum absolute atomic E-state index is 0.312. The van der Waals surface area contributed by atoms with Gasteiger partial charge in [0.1, 0.15) is 0 Å². The Morgan fingerprint density at radius 2 is 1.67 bits per heavy atom. The molecule has 0 amide bonds. The molecular formula is C9H22OSSn. The van der Waals surface area contributed by atoms with Crippen LogP contribution in [0.4, 0.5) is 0 Å². The molecule has 0 aromatic carbocycles. The number of hydrogen-bond donors (Lipinski definition) is 0. The van der Waals surface area contributed by atoms with Crippen LogP contribution in [0.1, 0.15) is 26.7 Å². The quantitative estimate of drug-likeness (QED) is 0.744. The van der Waals surface area contributed by atoms with Gasteiger partial charge >= 0.3 is 34.6 Å². The van der Waals surface area contributed by atoms with Gasteiger partial charge in [-0.3, -0.25) is 4.79 Å². The molecule has 0 atom stereocenters. The second-order valence-corrected chi connectivity index (χ2v) is 14.3. The van der Waals surface area contributed by atoms with Gasteiger partial charge in [-0.2, -0.15) is 0 Å². The van der Waals surface area contributed by atoms with Crippen LogP contribution in [0.5, 0.6) is 0 Å². The summed E-state index contributed by atoms with van der Waals surface area (Å²) in [6, 6.07) is 0. The predicted octanol–water partition coefficient (Wildman–Crippen LogP) is 3.17. The standard InChI is InChI=1S/C6H12OS.3CH3.Sn.H/c1-3-5-8-6(7)4-2;;;;;/h3-5H2,1-2H3;3*1H3;;. The normalized spacial score (nSPS) is 9.17. The van der Waals surface area contributed by atoms with Crippen molar-refractivity contribution in [2.24, 2.45) is 0 Å². The van der Waals surface area contributed by atoms with Crippen LogP contribution in [0.3, 0.4) is 0 Å². The first kappa shape index (κ1) is 15.3. The topological polar surface area (TPSA) is 17.1 Å². The van der Waals surface area contributed by atoms with Gasteiger partial charge in [-0.25, -0.2) is 0 Å². The van der Waals surface area contributed by atoms with Gasteiger partial charge in [0.15, 0.2) is 5.12 Å². The molecule has 3 heteroatoms. The van der Waals surface area contributed by atoms with E-state index in [2.05, 4.69) is 21.7 Å². The van der Waals surface area contributed by atoms with Crippen molar-refractivity contribution in [3.05, 3.63) is 0 Å². The van der Waals surface area contributed by atoms with E-state index in [1.54, 1.807) is 0 Å². The molecule has 74 valence electrons. The molecule has 0 spiro atoms. The van der Waals surface area contributed by atoms with Crippen LogP contribution in [0, 0.1) is 0 Å². The maximum atomic E-state index is 10.5. The van der Waals surface area contributed by atoms with Crippen LogP contribution >= 0.6 is 11.8 Å². The Kier molecular flexibility index (Phi) is 15.1. The maximum absolute atomic E-state index is 10.5. The number of carbonyl (C=O) groups is 1. The van der Waals surface area contributed by atoms with Crippen molar-refractivity contribution in [2.75, 3.05) is 5.75 Å².